The highest BCUT2D eigenvalue weighted by molar-refractivity contribution is 9.10. The highest BCUT2D eigenvalue weighted by atomic mass is 79.9. The van der Waals surface area contributed by atoms with E-state index in [-0.39, 0.29) is 0 Å². The molecule has 2 aromatic rings. The van der Waals surface area contributed by atoms with Crippen molar-refractivity contribution in [3.63, 3.8) is 0 Å². The van der Waals surface area contributed by atoms with Crippen LogP contribution in [0.5, 0.6) is 11.5 Å². The first-order chi connectivity index (χ1) is 9.20. The van der Waals surface area contributed by atoms with Gasteiger partial charge in [0.05, 0.1) is 12.2 Å². The topological polar surface area (TPSA) is 35.5 Å². The Morgan fingerprint density at radius 2 is 1.68 bits per heavy atom. The van der Waals surface area contributed by atoms with Crippen molar-refractivity contribution in [3.8, 4) is 11.5 Å². The third kappa shape index (κ3) is 3.58. The summed E-state index contributed by atoms with van der Waals surface area (Å²) in [5.74, 6) is 0.590. The SMILES string of the molecule is CCOc1ccccc1OC(=O)c1ccc(Br)cc1. The Labute approximate surface area is 120 Å². The number of halogens is 1. The van der Waals surface area contributed by atoms with E-state index >= 15 is 0 Å². The normalized spacial score (nSPS) is 10.0. The minimum atomic E-state index is -0.403. The molecule has 0 bridgehead atoms. The molecule has 3 nitrogen and oxygen atoms in total. The maximum absolute atomic E-state index is 12.0. The highest BCUT2D eigenvalue weighted by Crippen LogP contribution is 2.27. The second-order valence-electron chi connectivity index (χ2n) is 3.78. The molecule has 0 saturated heterocycles. The summed E-state index contributed by atoms with van der Waals surface area (Å²) in [5, 5.41) is 0. The molecule has 0 aliphatic rings. The second kappa shape index (κ2) is 6.38. The average Bonchev–Trinajstić information content (AvgIpc) is 2.42. The molecule has 4 heteroatoms. The van der Waals surface area contributed by atoms with Crippen LogP contribution < -0.4 is 9.47 Å². The number of hydrogen-bond acceptors (Lipinski definition) is 3. The molecule has 0 spiro atoms. The maximum Gasteiger partial charge on any atom is 0.343 e. The van der Waals surface area contributed by atoms with E-state index in [0.717, 1.165) is 4.47 Å². The average molecular weight is 321 g/mol. The van der Waals surface area contributed by atoms with Gasteiger partial charge in [0.2, 0.25) is 0 Å². The Kier molecular flexibility index (Phi) is 4.58. The second-order valence-corrected chi connectivity index (χ2v) is 4.69. The zero-order chi connectivity index (χ0) is 13.7. The fourth-order valence-electron chi connectivity index (χ4n) is 1.55. The van der Waals surface area contributed by atoms with Gasteiger partial charge in [0.1, 0.15) is 0 Å². The van der Waals surface area contributed by atoms with E-state index in [1.165, 1.54) is 0 Å². The third-order valence-corrected chi connectivity index (χ3v) is 2.96. The molecular weight excluding hydrogens is 308 g/mol. The summed E-state index contributed by atoms with van der Waals surface area (Å²) in [6, 6.07) is 14.1. The minimum absolute atomic E-state index is 0.403. The van der Waals surface area contributed by atoms with Crippen LogP contribution >= 0.6 is 15.9 Å². The van der Waals surface area contributed by atoms with Crippen molar-refractivity contribution in [2.45, 2.75) is 6.92 Å². The van der Waals surface area contributed by atoms with Crippen LogP contribution in [0.15, 0.2) is 53.0 Å². The smallest absolute Gasteiger partial charge is 0.343 e. The van der Waals surface area contributed by atoms with Gasteiger partial charge in [-0.15, -0.1) is 0 Å². The summed E-state index contributed by atoms with van der Waals surface area (Å²) >= 11 is 3.32. The third-order valence-electron chi connectivity index (χ3n) is 2.43. The molecule has 0 aromatic heterocycles. The van der Waals surface area contributed by atoms with E-state index in [1.807, 2.05) is 13.0 Å². The largest absolute Gasteiger partial charge is 0.490 e. The van der Waals surface area contributed by atoms with Crippen molar-refractivity contribution in [1.82, 2.24) is 0 Å². The number of esters is 1. The summed E-state index contributed by atoms with van der Waals surface area (Å²) in [6.07, 6.45) is 0. The lowest BCUT2D eigenvalue weighted by molar-refractivity contribution is 0.0728. The van der Waals surface area contributed by atoms with Gasteiger partial charge in [-0.05, 0) is 43.3 Å². The summed E-state index contributed by atoms with van der Waals surface area (Å²) in [6.45, 7) is 2.40. The quantitative estimate of drug-likeness (QED) is 0.629. The minimum Gasteiger partial charge on any atom is -0.490 e. The number of carbonyl (C=O) groups is 1. The molecule has 0 saturated carbocycles. The number of ether oxygens (including phenoxy) is 2. The van der Waals surface area contributed by atoms with Crippen molar-refractivity contribution in [2.24, 2.45) is 0 Å². The van der Waals surface area contributed by atoms with Crippen LogP contribution in [-0.4, -0.2) is 12.6 Å². The predicted octanol–water partition coefficient (Wildman–Crippen LogP) is 4.07. The van der Waals surface area contributed by atoms with Crippen molar-refractivity contribution in [1.29, 1.82) is 0 Å². The Bertz CT molecular complexity index is 564. The molecule has 2 aromatic carbocycles. The number of carbonyl (C=O) groups excluding carboxylic acids is 1. The van der Waals surface area contributed by atoms with Gasteiger partial charge >= 0.3 is 5.97 Å². The van der Waals surface area contributed by atoms with E-state index in [2.05, 4.69) is 15.9 Å². The molecule has 0 radical (unpaired) electrons. The molecule has 0 N–H and O–H groups in total. The molecule has 0 unspecified atom stereocenters. The van der Waals surface area contributed by atoms with Gasteiger partial charge < -0.3 is 9.47 Å². The van der Waals surface area contributed by atoms with Crippen LogP contribution in [0.25, 0.3) is 0 Å². The van der Waals surface area contributed by atoms with Gasteiger partial charge in [0.25, 0.3) is 0 Å². The van der Waals surface area contributed by atoms with Crippen molar-refractivity contribution >= 4 is 21.9 Å². The Morgan fingerprint density at radius 3 is 2.32 bits per heavy atom. The highest BCUT2D eigenvalue weighted by Gasteiger charge is 2.11. The van der Waals surface area contributed by atoms with E-state index in [0.29, 0.717) is 23.7 Å². The van der Waals surface area contributed by atoms with E-state index < -0.39 is 5.97 Å². The Hall–Kier alpha value is -1.81. The van der Waals surface area contributed by atoms with E-state index in [4.69, 9.17) is 9.47 Å². The molecule has 19 heavy (non-hydrogen) atoms. The van der Waals surface area contributed by atoms with Crippen LogP contribution in [0, 0.1) is 0 Å². The summed E-state index contributed by atoms with van der Waals surface area (Å²) < 4.78 is 11.7. The lowest BCUT2D eigenvalue weighted by Gasteiger charge is -2.10. The first kappa shape index (κ1) is 13.6. The number of para-hydroxylation sites is 2. The van der Waals surface area contributed by atoms with Crippen LogP contribution in [0.2, 0.25) is 0 Å². The number of benzene rings is 2. The van der Waals surface area contributed by atoms with Crippen molar-refractivity contribution in [3.05, 3.63) is 58.6 Å². The number of rotatable bonds is 4. The van der Waals surface area contributed by atoms with Gasteiger partial charge in [-0.2, -0.15) is 0 Å². The van der Waals surface area contributed by atoms with E-state index in [1.54, 1.807) is 42.5 Å². The van der Waals surface area contributed by atoms with Crippen molar-refractivity contribution < 1.29 is 14.3 Å². The molecule has 98 valence electrons. The molecule has 2 rings (SSSR count). The van der Waals surface area contributed by atoms with Crippen molar-refractivity contribution in [2.75, 3.05) is 6.61 Å². The van der Waals surface area contributed by atoms with Crippen LogP contribution in [-0.2, 0) is 0 Å². The van der Waals surface area contributed by atoms with Gasteiger partial charge in [-0.1, -0.05) is 28.1 Å². The van der Waals surface area contributed by atoms with Gasteiger partial charge in [0.15, 0.2) is 11.5 Å². The molecule has 0 aliphatic carbocycles. The Morgan fingerprint density at radius 1 is 1.05 bits per heavy atom. The lowest BCUT2D eigenvalue weighted by atomic mass is 10.2. The summed E-state index contributed by atoms with van der Waals surface area (Å²) in [4.78, 5) is 12.0. The first-order valence-corrected chi connectivity index (χ1v) is 6.69. The summed E-state index contributed by atoms with van der Waals surface area (Å²) in [5.41, 5.74) is 0.495. The molecule has 0 amide bonds. The van der Waals surface area contributed by atoms with Gasteiger partial charge in [0, 0.05) is 4.47 Å². The molecule has 0 fully saturated rings. The number of hydrogen-bond donors (Lipinski definition) is 0. The monoisotopic (exact) mass is 320 g/mol. The van der Waals surface area contributed by atoms with Crippen LogP contribution in [0.4, 0.5) is 0 Å². The predicted molar refractivity (Wildman–Crippen MR) is 76.7 cm³/mol. The lowest BCUT2D eigenvalue weighted by Crippen LogP contribution is -2.09. The first-order valence-electron chi connectivity index (χ1n) is 5.90. The fourth-order valence-corrected chi connectivity index (χ4v) is 1.82. The zero-order valence-corrected chi connectivity index (χ0v) is 12.0. The van der Waals surface area contributed by atoms with E-state index in [9.17, 15) is 4.79 Å². The maximum atomic E-state index is 12.0. The molecule has 0 aliphatic heterocycles. The van der Waals surface area contributed by atoms with Gasteiger partial charge in [-0.3, -0.25) is 0 Å². The Balaban J connectivity index is 2.16. The molecule has 0 heterocycles. The zero-order valence-electron chi connectivity index (χ0n) is 10.4. The molecular formula is C15H13BrO3. The van der Waals surface area contributed by atoms with Crippen LogP contribution in [0.3, 0.4) is 0 Å². The van der Waals surface area contributed by atoms with Gasteiger partial charge in [-0.25, -0.2) is 4.79 Å². The molecule has 0 atom stereocenters. The fraction of sp³-hybridized carbons (Fsp3) is 0.133. The summed E-state index contributed by atoms with van der Waals surface area (Å²) in [7, 11) is 0. The standard InChI is InChI=1S/C15H13BrO3/c1-2-18-13-5-3-4-6-14(13)19-15(17)11-7-9-12(16)10-8-11/h3-10H,2H2,1H3. The van der Waals surface area contributed by atoms with Crippen LogP contribution in [0.1, 0.15) is 17.3 Å².